The molecule has 0 fully saturated rings. The molecule has 0 bridgehead atoms. The lowest BCUT2D eigenvalue weighted by molar-refractivity contribution is -0.112. The van der Waals surface area contributed by atoms with Gasteiger partial charge in [-0.3, -0.25) is 4.79 Å². The summed E-state index contributed by atoms with van der Waals surface area (Å²) in [7, 11) is 0. The van der Waals surface area contributed by atoms with Crippen LogP contribution in [0, 0.1) is 11.3 Å². The van der Waals surface area contributed by atoms with Gasteiger partial charge in [0.25, 0.3) is 5.91 Å². The van der Waals surface area contributed by atoms with Gasteiger partial charge in [0.1, 0.15) is 17.4 Å². The van der Waals surface area contributed by atoms with Crippen molar-refractivity contribution in [3.8, 4) is 11.8 Å². The zero-order valence-corrected chi connectivity index (χ0v) is 13.2. The van der Waals surface area contributed by atoms with Crippen molar-refractivity contribution < 1.29 is 9.90 Å². The van der Waals surface area contributed by atoms with E-state index in [0.717, 1.165) is 32.4 Å². The molecule has 0 aromatic heterocycles. The molecule has 0 aliphatic rings. The van der Waals surface area contributed by atoms with Crippen molar-refractivity contribution in [2.75, 3.05) is 18.4 Å². The summed E-state index contributed by atoms with van der Waals surface area (Å²) < 4.78 is 0. The normalized spacial score (nSPS) is 10.9. The number of hydrogen-bond donors (Lipinski definition) is 2. The molecule has 0 unspecified atom stereocenters. The molecule has 118 valence electrons. The van der Waals surface area contributed by atoms with Gasteiger partial charge in [0, 0.05) is 25.0 Å². The van der Waals surface area contributed by atoms with E-state index in [1.54, 1.807) is 18.3 Å². The van der Waals surface area contributed by atoms with Crippen molar-refractivity contribution in [1.29, 1.82) is 5.26 Å². The van der Waals surface area contributed by atoms with E-state index in [1.165, 1.54) is 12.1 Å². The molecule has 0 radical (unpaired) electrons. The van der Waals surface area contributed by atoms with Crippen LogP contribution in [0.2, 0.25) is 0 Å². The molecule has 0 heterocycles. The molecule has 0 spiro atoms. The van der Waals surface area contributed by atoms with Gasteiger partial charge in [0.15, 0.2) is 0 Å². The second kappa shape index (κ2) is 9.46. The fourth-order valence-electron chi connectivity index (χ4n) is 1.95. The predicted octanol–water partition coefficient (Wildman–Crippen LogP) is 3.25. The van der Waals surface area contributed by atoms with Crippen molar-refractivity contribution in [1.82, 2.24) is 4.90 Å². The summed E-state index contributed by atoms with van der Waals surface area (Å²) in [6.45, 7) is 5.83. The standard InChI is InChI=1S/C17H23N3O2/c1-3-5-11-20(10-4-2)13-14(12-18)17(22)19-15-6-8-16(21)9-7-15/h6-9,13,21H,3-5,10-11H2,1-2H3,(H,19,22)/b14-13-. The highest BCUT2D eigenvalue weighted by atomic mass is 16.3. The summed E-state index contributed by atoms with van der Waals surface area (Å²) in [5.74, 6) is -0.312. The Balaban J connectivity index is 2.78. The van der Waals surface area contributed by atoms with Crippen LogP contribution in [0.1, 0.15) is 33.1 Å². The minimum atomic E-state index is -0.439. The molecule has 5 heteroatoms. The number of nitrogens with zero attached hydrogens (tertiary/aromatic N) is 2. The Kier molecular flexibility index (Phi) is 7.55. The topological polar surface area (TPSA) is 76.4 Å². The average molecular weight is 301 g/mol. The van der Waals surface area contributed by atoms with Crippen LogP contribution in [0.5, 0.6) is 5.75 Å². The summed E-state index contributed by atoms with van der Waals surface area (Å²) in [5.41, 5.74) is 0.622. The summed E-state index contributed by atoms with van der Waals surface area (Å²) in [5, 5.41) is 21.1. The van der Waals surface area contributed by atoms with Crippen LogP contribution in [-0.4, -0.2) is 29.0 Å². The maximum atomic E-state index is 12.2. The smallest absolute Gasteiger partial charge is 0.267 e. The van der Waals surface area contributed by atoms with Gasteiger partial charge in [0.2, 0.25) is 0 Å². The molecule has 0 aliphatic carbocycles. The summed E-state index contributed by atoms with van der Waals surface area (Å²) >= 11 is 0. The van der Waals surface area contributed by atoms with E-state index in [0.29, 0.717) is 5.69 Å². The number of benzene rings is 1. The first-order valence-electron chi connectivity index (χ1n) is 7.57. The Morgan fingerprint density at radius 1 is 1.27 bits per heavy atom. The third-order valence-corrected chi connectivity index (χ3v) is 3.11. The van der Waals surface area contributed by atoms with Crippen LogP contribution < -0.4 is 5.32 Å². The van der Waals surface area contributed by atoms with Crippen molar-refractivity contribution in [2.24, 2.45) is 0 Å². The van der Waals surface area contributed by atoms with Crippen LogP contribution in [0.15, 0.2) is 36.0 Å². The Morgan fingerprint density at radius 3 is 2.50 bits per heavy atom. The van der Waals surface area contributed by atoms with E-state index in [-0.39, 0.29) is 11.3 Å². The van der Waals surface area contributed by atoms with Crippen molar-refractivity contribution in [3.05, 3.63) is 36.0 Å². The Hall–Kier alpha value is -2.48. The molecule has 1 aromatic rings. The number of hydrogen-bond acceptors (Lipinski definition) is 4. The predicted molar refractivity (Wildman–Crippen MR) is 87.2 cm³/mol. The molecule has 0 saturated carbocycles. The molecule has 5 nitrogen and oxygen atoms in total. The molecule has 0 aliphatic heterocycles. The number of rotatable bonds is 8. The van der Waals surface area contributed by atoms with Gasteiger partial charge in [-0.15, -0.1) is 0 Å². The van der Waals surface area contributed by atoms with Gasteiger partial charge in [-0.05, 0) is 37.1 Å². The largest absolute Gasteiger partial charge is 0.508 e. The van der Waals surface area contributed by atoms with E-state index in [2.05, 4.69) is 19.2 Å². The number of phenols is 1. The lowest BCUT2D eigenvalue weighted by Crippen LogP contribution is -2.23. The second-order valence-corrected chi connectivity index (χ2v) is 5.05. The molecule has 2 N–H and O–H groups in total. The number of nitriles is 1. The molecular formula is C17H23N3O2. The molecule has 0 atom stereocenters. The lowest BCUT2D eigenvalue weighted by atomic mass is 10.2. The second-order valence-electron chi connectivity index (χ2n) is 5.05. The van der Waals surface area contributed by atoms with Gasteiger partial charge in [-0.2, -0.15) is 5.26 Å². The molecule has 1 rings (SSSR count). The SMILES string of the molecule is CCCCN(/C=C(/C#N)C(=O)Nc1ccc(O)cc1)CCC. The van der Waals surface area contributed by atoms with Crippen molar-refractivity contribution in [3.63, 3.8) is 0 Å². The quantitative estimate of drug-likeness (QED) is 0.439. The minimum absolute atomic E-state index is 0.0811. The molecule has 0 saturated heterocycles. The Bertz CT molecular complexity index is 544. The highest BCUT2D eigenvalue weighted by Crippen LogP contribution is 2.14. The van der Waals surface area contributed by atoms with Crippen LogP contribution in [0.4, 0.5) is 5.69 Å². The number of nitrogens with one attached hydrogen (secondary N) is 1. The number of anilines is 1. The summed E-state index contributed by atoms with van der Waals surface area (Å²) in [6.07, 6.45) is 4.68. The third-order valence-electron chi connectivity index (χ3n) is 3.11. The van der Waals surface area contributed by atoms with E-state index < -0.39 is 5.91 Å². The third kappa shape index (κ3) is 5.88. The van der Waals surface area contributed by atoms with Crippen LogP contribution in [0.25, 0.3) is 0 Å². The van der Waals surface area contributed by atoms with E-state index >= 15 is 0 Å². The molecule has 1 aromatic carbocycles. The number of carbonyl (C=O) groups excluding carboxylic acids is 1. The fourth-order valence-corrected chi connectivity index (χ4v) is 1.95. The maximum Gasteiger partial charge on any atom is 0.267 e. The Morgan fingerprint density at radius 2 is 1.95 bits per heavy atom. The zero-order chi connectivity index (χ0) is 16.4. The molecule has 22 heavy (non-hydrogen) atoms. The lowest BCUT2D eigenvalue weighted by Gasteiger charge is -2.19. The van der Waals surface area contributed by atoms with Gasteiger partial charge < -0.3 is 15.3 Å². The van der Waals surface area contributed by atoms with Gasteiger partial charge in [-0.1, -0.05) is 20.3 Å². The van der Waals surface area contributed by atoms with Crippen molar-refractivity contribution in [2.45, 2.75) is 33.1 Å². The summed E-state index contributed by atoms with van der Waals surface area (Å²) in [6, 6.07) is 8.09. The van der Waals surface area contributed by atoms with Crippen LogP contribution in [0.3, 0.4) is 0 Å². The van der Waals surface area contributed by atoms with E-state index in [9.17, 15) is 15.2 Å². The molecular weight excluding hydrogens is 278 g/mol. The number of unbranched alkanes of at least 4 members (excludes halogenated alkanes) is 1. The fraction of sp³-hybridized carbons (Fsp3) is 0.412. The first-order valence-corrected chi connectivity index (χ1v) is 7.57. The van der Waals surface area contributed by atoms with Gasteiger partial charge in [0.05, 0.1) is 0 Å². The van der Waals surface area contributed by atoms with E-state index in [1.807, 2.05) is 11.0 Å². The average Bonchev–Trinajstić information content (AvgIpc) is 2.52. The number of carbonyl (C=O) groups is 1. The first-order chi connectivity index (χ1) is 10.6. The number of amides is 1. The number of phenolic OH excluding ortho intramolecular Hbond substituents is 1. The van der Waals surface area contributed by atoms with Crippen molar-refractivity contribution >= 4 is 11.6 Å². The number of aromatic hydroxyl groups is 1. The summed E-state index contributed by atoms with van der Waals surface area (Å²) in [4.78, 5) is 14.2. The molecule has 1 amide bonds. The van der Waals surface area contributed by atoms with Gasteiger partial charge in [-0.25, -0.2) is 0 Å². The highest BCUT2D eigenvalue weighted by molar-refractivity contribution is 6.06. The van der Waals surface area contributed by atoms with Gasteiger partial charge >= 0.3 is 0 Å². The van der Waals surface area contributed by atoms with E-state index in [4.69, 9.17) is 0 Å². The highest BCUT2D eigenvalue weighted by Gasteiger charge is 2.11. The zero-order valence-electron chi connectivity index (χ0n) is 13.2. The Labute approximate surface area is 131 Å². The minimum Gasteiger partial charge on any atom is -0.508 e. The van der Waals surface area contributed by atoms with Crippen LogP contribution >= 0.6 is 0 Å². The first kappa shape index (κ1) is 17.6. The maximum absolute atomic E-state index is 12.2. The van der Waals surface area contributed by atoms with Crippen LogP contribution in [-0.2, 0) is 4.79 Å². The monoisotopic (exact) mass is 301 g/mol.